The number of ether oxygens (including phenoxy) is 4. The summed E-state index contributed by atoms with van der Waals surface area (Å²) in [5.74, 6) is -0.442. The Kier molecular flexibility index (Phi) is 34.2. The van der Waals surface area contributed by atoms with Crippen LogP contribution in [0.1, 0.15) is 177 Å². The van der Waals surface area contributed by atoms with Crippen LogP contribution in [0.3, 0.4) is 0 Å². The van der Waals surface area contributed by atoms with E-state index in [1.54, 1.807) is 149 Å². The maximum absolute atomic E-state index is 15.0. The van der Waals surface area contributed by atoms with Gasteiger partial charge >= 0.3 is 0 Å². The van der Waals surface area contributed by atoms with E-state index in [2.05, 4.69) is 49.0 Å². The molecule has 112 heavy (non-hydrogen) atoms. The highest BCUT2D eigenvalue weighted by Gasteiger charge is 2.35. The second-order valence-corrected chi connectivity index (χ2v) is 37.7. The van der Waals surface area contributed by atoms with Gasteiger partial charge in [-0.15, -0.1) is 0 Å². The van der Waals surface area contributed by atoms with Crippen molar-refractivity contribution in [2.75, 3.05) is 98.8 Å². The average molecular weight is 1610 g/mol. The van der Waals surface area contributed by atoms with Crippen molar-refractivity contribution >= 4 is 97.1 Å². The minimum atomic E-state index is -3.80. The van der Waals surface area contributed by atoms with Crippen LogP contribution < -0.4 is 61.4 Å². The molecule has 8 bridgehead atoms. The number of carbonyl (C=O) groups is 4. The molecule has 0 aliphatic heterocycles. The maximum atomic E-state index is 15.0. The van der Waals surface area contributed by atoms with E-state index in [1.165, 1.54) is 0 Å². The van der Waals surface area contributed by atoms with E-state index in [0.29, 0.717) is 137 Å². The van der Waals surface area contributed by atoms with Crippen molar-refractivity contribution in [2.45, 2.75) is 158 Å². The molecule has 4 atom stereocenters. The van der Waals surface area contributed by atoms with Gasteiger partial charge in [-0.2, -0.15) is 0 Å². The van der Waals surface area contributed by atoms with Crippen molar-refractivity contribution in [3.05, 3.63) is 214 Å². The van der Waals surface area contributed by atoms with E-state index in [1.807, 2.05) is 48.5 Å². The van der Waals surface area contributed by atoms with Gasteiger partial charge in [0.1, 0.15) is 47.6 Å². The summed E-state index contributed by atoms with van der Waals surface area (Å²) in [4.78, 5) is 59.9. The molecule has 1 aliphatic carbocycles. The van der Waals surface area contributed by atoms with Crippen molar-refractivity contribution in [1.29, 1.82) is 0 Å². The molecule has 9 rings (SSSR count). The SMILES string of the molecule is CCCCCOc1c2cc(NC(=O)CP(=O)(OCC)c3ccccc3)cc1Cc1cc(NC(=O)CP(=O)(OCC)c3ccccc3)cc(c1OCCCCC)Cc1cc(NC(=O)CP(=O)(OCC)c3ccccc3)cc(c1OCCCCC)Cc1cc(NC(=O)CP(=O)(OCC)c3ccccc3)cc(c1OCCCCC)C2. The molecule has 24 heteroatoms. The van der Waals surface area contributed by atoms with E-state index in [4.69, 9.17) is 37.0 Å². The molecular formula is C88H112N4O16P4. The topological polar surface area (TPSA) is 259 Å². The van der Waals surface area contributed by atoms with Crippen LogP contribution in [-0.2, 0) is 81.2 Å². The number of unbranched alkanes of at least 4 members (excludes halogenated alkanes) is 8. The largest absolute Gasteiger partial charge is 0.493 e. The van der Waals surface area contributed by atoms with E-state index in [0.717, 1.165) is 51.4 Å². The molecule has 4 amide bonds. The van der Waals surface area contributed by atoms with Gasteiger partial charge in [0.2, 0.25) is 53.1 Å². The molecule has 8 aromatic carbocycles. The molecule has 0 saturated carbocycles. The van der Waals surface area contributed by atoms with Crippen LogP contribution in [0.15, 0.2) is 170 Å². The van der Waals surface area contributed by atoms with Crippen molar-refractivity contribution < 1.29 is 74.5 Å². The average Bonchev–Trinajstić information content (AvgIpc) is 0.768. The van der Waals surface area contributed by atoms with Gasteiger partial charge < -0.3 is 58.3 Å². The summed E-state index contributed by atoms with van der Waals surface area (Å²) >= 11 is 0. The normalized spacial score (nSPS) is 14.1. The van der Waals surface area contributed by atoms with Crippen LogP contribution in [0.2, 0.25) is 0 Å². The molecule has 600 valence electrons. The number of amides is 4. The lowest BCUT2D eigenvalue weighted by molar-refractivity contribution is -0.114. The highest BCUT2D eigenvalue weighted by atomic mass is 31.2. The molecule has 4 N–H and O–H groups in total. The Morgan fingerprint density at radius 1 is 0.277 bits per heavy atom. The number of hydrogen-bond donors (Lipinski definition) is 4. The first-order valence-corrected chi connectivity index (χ1v) is 47.0. The summed E-state index contributed by atoms with van der Waals surface area (Å²) < 4.78 is 113. The lowest BCUT2D eigenvalue weighted by Gasteiger charge is -2.25. The second kappa shape index (κ2) is 43.7. The lowest BCUT2D eigenvalue weighted by Crippen LogP contribution is -2.22. The minimum absolute atomic E-state index is 0.0363. The minimum Gasteiger partial charge on any atom is -0.493 e. The van der Waals surface area contributed by atoms with Crippen molar-refractivity contribution in [1.82, 2.24) is 0 Å². The number of fused-ring (bicyclic) bond motifs is 8. The zero-order chi connectivity index (χ0) is 79.9. The Bertz CT molecular complexity index is 3950. The predicted molar refractivity (Wildman–Crippen MR) is 452 cm³/mol. The summed E-state index contributed by atoms with van der Waals surface area (Å²) in [6.07, 6.45) is 7.85. The number of benzene rings is 8. The molecule has 8 aromatic rings. The molecule has 20 nitrogen and oxygen atoms in total. The van der Waals surface area contributed by atoms with Gasteiger partial charge in [0.05, 0.1) is 52.9 Å². The van der Waals surface area contributed by atoms with Gasteiger partial charge in [0.15, 0.2) is 0 Å². The number of carbonyl (C=O) groups excluding carboxylic acids is 4. The van der Waals surface area contributed by atoms with E-state index < -0.39 is 77.8 Å². The summed E-state index contributed by atoms with van der Waals surface area (Å²) in [6.45, 7) is 16.8. The second-order valence-electron chi connectivity index (χ2n) is 28.0. The molecule has 0 spiro atoms. The quantitative estimate of drug-likeness (QED) is 0.0204. The van der Waals surface area contributed by atoms with Crippen LogP contribution in [0, 0.1) is 0 Å². The number of anilines is 4. The fraction of sp³-hybridized carbons (Fsp3) is 0.409. The van der Waals surface area contributed by atoms with E-state index >= 15 is 0 Å². The first kappa shape index (κ1) is 87.6. The van der Waals surface area contributed by atoms with Gasteiger partial charge in [-0.3, -0.25) is 37.4 Å². The zero-order valence-corrected chi connectivity index (χ0v) is 69.9. The lowest BCUT2D eigenvalue weighted by atomic mass is 9.90. The summed E-state index contributed by atoms with van der Waals surface area (Å²) in [5, 5.41) is 14.2. The summed E-state index contributed by atoms with van der Waals surface area (Å²) in [7, 11) is -15.2. The van der Waals surface area contributed by atoms with Crippen LogP contribution in [0.5, 0.6) is 23.0 Å². The highest BCUT2D eigenvalue weighted by molar-refractivity contribution is 7.69. The molecule has 0 saturated heterocycles. The summed E-state index contributed by atoms with van der Waals surface area (Å²) in [6, 6.07) is 49.5. The maximum Gasteiger partial charge on any atom is 0.241 e. The van der Waals surface area contributed by atoms with Crippen LogP contribution in [0.4, 0.5) is 22.7 Å². The molecule has 0 aromatic heterocycles. The number of hydrogen-bond acceptors (Lipinski definition) is 16. The van der Waals surface area contributed by atoms with Crippen molar-refractivity contribution in [2.24, 2.45) is 0 Å². The van der Waals surface area contributed by atoms with Gasteiger partial charge in [-0.05, 0) is 150 Å². The monoisotopic (exact) mass is 1600 g/mol. The third kappa shape index (κ3) is 24.8. The van der Waals surface area contributed by atoms with Gasteiger partial charge in [-0.1, -0.05) is 152 Å². The fourth-order valence-electron chi connectivity index (χ4n) is 13.9. The van der Waals surface area contributed by atoms with E-state index in [-0.39, 0.29) is 78.5 Å². The molecule has 1 aliphatic rings. The van der Waals surface area contributed by atoms with Crippen LogP contribution >= 0.6 is 29.5 Å². The third-order valence-electron chi connectivity index (χ3n) is 19.0. The molecule has 0 fully saturated rings. The van der Waals surface area contributed by atoms with Gasteiger partial charge in [-0.25, -0.2) is 0 Å². The molecular weight excluding hydrogens is 1490 g/mol. The van der Waals surface area contributed by atoms with E-state index in [9.17, 15) is 37.4 Å². The van der Waals surface area contributed by atoms with Crippen molar-refractivity contribution in [3.63, 3.8) is 0 Å². The Hall–Kier alpha value is -8.40. The van der Waals surface area contributed by atoms with Gasteiger partial charge in [0, 0.05) is 114 Å². The summed E-state index contributed by atoms with van der Waals surface area (Å²) in [5.41, 5.74) is 5.98. The molecule has 4 unspecified atom stereocenters. The fourth-order valence-corrected chi connectivity index (χ4v) is 21.6. The first-order valence-electron chi connectivity index (χ1n) is 39.7. The third-order valence-corrected chi connectivity index (χ3v) is 28.8. The Morgan fingerprint density at radius 3 is 0.616 bits per heavy atom. The molecule has 0 heterocycles. The first-order chi connectivity index (χ1) is 54.2. The van der Waals surface area contributed by atoms with Crippen molar-refractivity contribution in [3.8, 4) is 23.0 Å². The van der Waals surface area contributed by atoms with Crippen LogP contribution in [0.25, 0.3) is 0 Å². The zero-order valence-electron chi connectivity index (χ0n) is 66.3. The Balaban J connectivity index is 1.37. The highest BCUT2D eigenvalue weighted by Crippen LogP contribution is 2.50. The Labute approximate surface area is 662 Å². The Morgan fingerprint density at radius 2 is 0.455 bits per heavy atom. The smallest absolute Gasteiger partial charge is 0.241 e. The molecule has 0 radical (unpaired) electrons. The number of nitrogens with one attached hydrogen (secondary N) is 4. The van der Waals surface area contributed by atoms with Crippen LogP contribution in [-0.4, -0.2) is 101 Å². The standard InChI is InChI=1S/C88H112N4O16P4/c1-9-17-33-45-101-85-65-49-67-55-74(90-82(94)62-110(98,106-14-6)78-39-27-22-28-40-78)57-69(86(67)102-46-34-18-10-2)51-71-59-76(92-84(96)64-112(100,108-16-8)80-43-31-24-32-44-80)60-72(88(71)104-48-36-20-12-4)52-70-58-75(91-83(95)63-111(99,107-15-7)79-41-29-23-30-42-79)56-68(87(70)103-47-35-19-11-3)50-66(85)54-73(53-65)89-81(93)61-109(97,105-13-5)77-37-25-21-26-38-77/h21-32,37-44,53-60H,9-20,33-36,45-52,61-64H2,1-8H3,(H,89,93)(H,90,94)(H,91,95)(H,92,96). The number of rotatable bonds is 44. The predicted octanol–water partition coefficient (Wildman–Crippen LogP) is 19.0. The van der Waals surface area contributed by atoms with Gasteiger partial charge in [0.25, 0.3) is 0 Å².